The fourth-order valence-electron chi connectivity index (χ4n) is 1.50. The molecule has 0 spiro atoms. The Morgan fingerprint density at radius 3 is 2.45 bits per heavy atom. The number of nitrogens with one attached hydrogen (secondary N) is 2. The number of hydrogen-bond donors (Lipinski definition) is 3. The molecule has 4 N–H and O–H groups in total. The lowest BCUT2D eigenvalue weighted by Gasteiger charge is -2.19. The fourth-order valence-corrected chi connectivity index (χ4v) is 1.86. The molecule has 1 aromatic carbocycles. The summed E-state index contributed by atoms with van der Waals surface area (Å²) in [5.41, 5.74) is 5.02. The van der Waals surface area contributed by atoms with Crippen LogP contribution in [-0.4, -0.2) is 30.1 Å². The molecule has 0 aromatic heterocycles. The lowest BCUT2D eigenvalue weighted by molar-refractivity contribution is -0.115. The van der Waals surface area contributed by atoms with Crippen molar-refractivity contribution in [1.82, 2.24) is 5.32 Å². The first-order valence-corrected chi connectivity index (χ1v) is 7.24. The van der Waals surface area contributed by atoms with Gasteiger partial charge in [0.2, 0.25) is 5.91 Å². The molecular weight excluding hydrogens is 354 g/mol. The van der Waals surface area contributed by atoms with E-state index in [9.17, 15) is 14.4 Å². The number of carbonyl (C=O) groups is 3. The molecule has 0 saturated heterocycles. The molecule has 0 bridgehead atoms. The molecule has 0 unspecified atom stereocenters. The van der Waals surface area contributed by atoms with Gasteiger partial charge in [-0.25, -0.2) is 4.79 Å². The highest BCUT2D eigenvalue weighted by atomic mass is 79.9. The lowest BCUT2D eigenvalue weighted by atomic mass is 10.1. The van der Waals surface area contributed by atoms with Gasteiger partial charge in [-0.1, -0.05) is 15.9 Å². The number of alkyl carbamates (subject to hydrolysis) is 1. The third-order valence-electron chi connectivity index (χ3n) is 2.31. The lowest BCUT2D eigenvalue weighted by Crippen LogP contribution is -2.37. The summed E-state index contributed by atoms with van der Waals surface area (Å²) in [5.74, 6) is -1.17. The maximum Gasteiger partial charge on any atom is 0.408 e. The summed E-state index contributed by atoms with van der Waals surface area (Å²) < 4.78 is 5.68. The molecule has 7 nitrogen and oxygen atoms in total. The monoisotopic (exact) mass is 371 g/mol. The first-order chi connectivity index (χ1) is 10.1. The zero-order valence-electron chi connectivity index (χ0n) is 12.5. The van der Waals surface area contributed by atoms with Gasteiger partial charge in [-0.2, -0.15) is 0 Å². The van der Waals surface area contributed by atoms with Gasteiger partial charge < -0.3 is 21.1 Å². The van der Waals surface area contributed by atoms with Crippen molar-refractivity contribution in [3.05, 3.63) is 28.2 Å². The van der Waals surface area contributed by atoms with Crippen molar-refractivity contribution < 1.29 is 19.1 Å². The molecule has 1 rings (SSSR count). The highest BCUT2D eigenvalue weighted by Crippen LogP contribution is 2.21. The molecule has 0 aliphatic heterocycles. The molecule has 0 heterocycles. The molecule has 0 aliphatic rings. The second-order valence-electron chi connectivity index (χ2n) is 5.46. The molecule has 8 heteroatoms. The Morgan fingerprint density at radius 1 is 1.27 bits per heavy atom. The van der Waals surface area contributed by atoms with E-state index >= 15 is 0 Å². The minimum atomic E-state index is -0.702. The Balaban J connectivity index is 2.64. The summed E-state index contributed by atoms with van der Waals surface area (Å²) in [7, 11) is 0. The molecule has 1 aromatic rings. The molecular formula is C14H18BrN3O4. The molecule has 0 aliphatic carbocycles. The van der Waals surface area contributed by atoms with Crippen LogP contribution in [0.2, 0.25) is 0 Å². The summed E-state index contributed by atoms with van der Waals surface area (Å²) >= 11 is 3.24. The van der Waals surface area contributed by atoms with Crippen LogP contribution in [0.25, 0.3) is 0 Å². The van der Waals surface area contributed by atoms with Crippen molar-refractivity contribution in [3.8, 4) is 0 Å². The predicted octanol–water partition coefficient (Wildman–Crippen LogP) is 2.01. The summed E-state index contributed by atoms with van der Waals surface area (Å²) in [5, 5.41) is 4.83. The summed E-state index contributed by atoms with van der Waals surface area (Å²) in [6.45, 7) is 4.85. The maximum atomic E-state index is 11.8. The maximum absolute atomic E-state index is 11.8. The number of hydrogen-bond acceptors (Lipinski definition) is 4. The zero-order chi connectivity index (χ0) is 16.9. The summed E-state index contributed by atoms with van der Waals surface area (Å²) in [6.07, 6.45) is -0.702. The van der Waals surface area contributed by atoms with Gasteiger partial charge in [-0.15, -0.1) is 0 Å². The van der Waals surface area contributed by atoms with E-state index in [-0.39, 0.29) is 17.8 Å². The number of carbonyl (C=O) groups excluding carboxylic acids is 3. The SMILES string of the molecule is CC(C)(C)OC(=O)NCC(=O)Nc1cc(Br)ccc1C(N)=O. The van der Waals surface area contributed by atoms with Crippen molar-refractivity contribution in [2.45, 2.75) is 26.4 Å². The highest BCUT2D eigenvalue weighted by Gasteiger charge is 2.17. The number of amides is 3. The quantitative estimate of drug-likeness (QED) is 0.751. The van der Waals surface area contributed by atoms with Crippen molar-refractivity contribution in [2.24, 2.45) is 5.73 Å². The van der Waals surface area contributed by atoms with Crippen LogP contribution in [0, 0.1) is 0 Å². The fraction of sp³-hybridized carbons (Fsp3) is 0.357. The van der Waals surface area contributed by atoms with Crippen LogP contribution < -0.4 is 16.4 Å². The Bertz CT molecular complexity index is 596. The zero-order valence-corrected chi connectivity index (χ0v) is 14.1. The van der Waals surface area contributed by atoms with Gasteiger partial charge in [0.25, 0.3) is 5.91 Å². The predicted molar refractivity (Wildman–Crippen MR) is 85.5 cm³/mol. The number of ether oxygens (including phenoxy) is 1. The average Bonchev–Trinajstić information content (AvgIpc) is 2.34. The van der Waals surface area contributed by atoms with E-state index in [0.717, 1.165) is 0 Å². The second-order valence-corrected chi connectivity index (χ2v) is 6.37. The molecule has 0 saturated carbocycles. The first-order valence-electron chi connectivity index (χ1n) is 6.44. The molecule has 22 heavy (non-hydrogen) atoms. The number of primary amides is 1. The van der Waals surface area contributed by atoms with Crippen molar-refractivity contribution in [3.63, 3.8) is 0 Å². The molecule has 120 valence electrons. The van der Waals surface area contributed by atoms with Gasteiger partial charge in [-0.05, 0) is 39.0 Å². The number of halogens is 1. The van der Waals surface area contributed by atoms with Crippen molar-refractivity contribution in [2.75, 3.05) is 11.9 Å². The van der Waals surface area contributed by atoms with Crippen molar-refractivity contribution in [1.29, 1.82) is 0 Å². The Kier molecular flexibility index (Phi) is 5.92. The Morgan fingerprint density at radius 2 is 1.91 bits per heavy atom. The highest BCUT2D eigenvalue weighted by molar-refractivity contribution is 9.10. The number of nitrogens with two attached hydrogens (primary N) is 1. The molecule has 0 atom stereocenters. The molecule has 0 radical (unpaired) electrons. The first kappa shape index (κ1) is 18.0. The van der Waals surface area contributed by atoms with Crippen LogP contribution in [0.1, 0.15) is 31.1 Å². The molecule has 3 amide bonds. The number of rotatable bonds is 4. The van der Waals surface area contributed by atoms with Gasteiger partial charge >= 0.3 is 6.09 Å². The van der Waals surface area contributed by atoms with Crippen LogP contribution >= 0.6 is 15.9 Å². The Hall–Kier alpha value is -2.09. The second kappa shape index (κ2) is 7.26. The third-order valence-corrected chi connectivity index (χ3v) is 2.81. The van der Waals surface area contributed by atoms with Crippen LogP contribution in [-0.2, 0) is 9.53 Å². The largest absolute Gasteiger partial charge is 0.444 e. The van der Waals surface area contributed by atoms with Gasteiger partial charge in [0, 0.05) is 4.47 Å². The minimum Gasteiger partial charge on any atom is -0.444 e. The summed E-state index contributed by atoms with van der Waals surface area (Å²) in [6, 6.07) is 4.67. The van der Waals surface area contributed by atoms with E-state index < -0.39 is 23.5 Å². The Labute approximate surface area is 136 Å². The van der Waals surface area contributed by atoms with E-state index in [4.69, 9.17) is 10.5 Å². The normalized spacial score (nSPS) is 10.7. The van der Waals surface area contributed by atoms with E-state index in [0.29, 0.717) is 4.47 Å². The van der Waals surface area contributed by atoms with E-state index in [1.54, 1.807) is 32.9 Å². The van der Waals surface area contributed by atoms with Gasteiger partial charge in [0.1, 0.15) is 12.1 Å². The van der Waals surface area contributed by atoms with E-state index in [1.807, 2.05) is 0 Å². The minimum absolute atomic E-state index is 0.175. The number of anilines is 1. The number of benzene rings is 1. The van der Waals surface area contributed by atoms with Gasteiger partial charge in [-0.3, -0.25) is 9.59 Å². The standard InChI is InChI=1S/C14H18BrN3O4/c1-14(2,3)22-13(21)17-7-11(19)18-10-6-8(15)4-5-9(10)12(16)20/h4-6H,7H2,1-3H3,(H2,16,20)(H,17,21)(H,18,19). The van der Waals surface area contributed by atoms with Crippen LogP contribution in [0.15, 0.2) is 22.7 Å². The van der Waals surface area contributed by atoms with Gasteiger partial charge in [0.15, 0.2) is 0 Å². The molecule has 0 fully saturated rings. The third kappa shape index (κ3) is 6.13. The topological polar surface area (TPSA) is 111 Å². The van der Waals surface area contributed by atoms with Crippen LogP contribution in [0.3, 0.4) is 0 Å². The smallest absolute Gasteiger partial charge is 0.408 e. The van der Waals surface area contributed by atoms with E-state index in [2.05, 4.69) is 26.6 Å². The average molecular weight is 372 g/mol. The van der Waals surface area contributed by atoms with Gasteiger partial charge in [0.05, 0.1) is 11.3 Å². The van der Waals surface area contributed by atoms with Crippen LogP contribution in [0.4, 0.5) is 10.5 Å². The summed E-state index contributed by atoms with van der Waals surface area (Å²) in [4.78, 5) is 34.6. The van der Waals surface area contributed by atoms with Crippen LogP contribution in [0.5, 0.6) is 0 Å². The van der Waals surface area contributed by atoms with E-state index in [1.165, 1.54) is 6.07 Å². The van der Waals surface area contributed by atoms with Crippen molar-refractivity contribution >= 4 is 39.5 Å².